The van der Waals surface area contributed by atoms with Gasteiger partial charge in [-0.05, 0) is 39.4 Å². The predicted octanol–water partition coefficient (Wildman–Crippen LogP) is 1.68. The second-order valence-electron chi connectivity index (χ2n) is 5.96. The smallest absolute Gasteiger partial charge is 0.185 e. The highest BCUT2D eigenvalue weighted by Crippen LogP contribution is 2.31. The zero-order valence-corrected chi connectivity index (χ0v) is 13.9. The third-order valence-corrected chi connectivity index (χ3v) is 5.63. The van der Waals surface area contributed by atoms with E-state index in [1.807, 2.05) is 18.4 Å². The van der Waals surface area contributed by atoms with Crippen molar-refractivity contribution in [2.75, 3.05) is 45.2 Å². The normalized spacial score (nSPS) is 23.3. The van der Waals surface area contributed by atoms with Crippen molar-refractivity contribution in [3.05, 3.63) is 10.6 Å². The Bertz CT molecular complexity index is 435. The minimum absolute atomic E-state index is 0.608. The molecule has 3 heterocycles. The average Bonchev–Trinajstić information content (AvgIpc) is 3.19. The summed E-state index contributed by atoms with van der Waals surface area (Å²) in [5.41, 5.74) is 1.09. The molecule has 0 aliphatic carbocycles. The van der Waals surface area contributed by atoms with E-state index in [0.717, 1.165) is 31.4 Å². The van der Waals surface area contributed by atoms with E-state index in [9.17, 15) is 0 Å². The molecule has 3 rings (SSSR count). The lowest BCUT2D eigenvalue weighted by Crippen LogP contribution is -2.35. The third-order valence-electron chi connectivity index (χ3n) is 4.48. The van der Waals surface area contributed by atoms with E-state index in [2.05, 4.69) is 15.1 Å². The fraction of sp³-hybridized carbons (Fsp3) is 0.800. The molecule has 0 radical (unpaired) electrons. The molecule has 2 aliphatic rings. The molecule has 1 atom stereocenters. The van der Waals surface area contributed by atoms with Crippen LogP contribution >= 0.6 is 11.3 Å². The molecule has 0 spiro atoms. The van der Waals surface area contributed by atoms with E-state index in [1.165, 1.54) is 42.4 Å². The molecule has 21 heavy (non-hydrogen) atoms. The van der Waals surface area contributed by atoms with Crippen molar-refractivity contribution in [1.29, 1.82) is 0 Å². The zero-order chi connectivity index (χ0) is 14.7. The van der Waals surface area contributed by atoms with Crippen molar-refractivity contribution < 1.29 is 4.74 Å². The molecule has 0 amide bonds. The number of nitrogens with one attached hydrogen (secondary N) is 1. The first-order valence-electron chi connectivity index (χ1n) is 7.93. The Kier molecular flexibility index (Phi) is 5.11. The first-order valence-corrected chi connectivity index (χ1v) is 8.74. The van der Waals surface area contributed by atoms with Crippen LogP contribution in [0.2, 0.25) is 0 Å². The first kappa shape index (κ1) is 15.2. The lowest BCUT2D eigenvalue weighted by atomic mass is 10.2. The highest BCUT2D eigenvalue weighted by Gasteiger charge is 2.30. The molecule has 1 unspecified atom stereocenters. The van der Waals surface area contributed by atoms with E-state index in [1.54, 1.807) is 7.11 Å². The molecule has 0 saturated carbocycles. The summed E-state index contributed by atoms with van der Waals surface area (Å²) in [6.07, 6.45) is 4.02. The number of methoxy groups -OCH3 is 1. The summed E-state index contributed by atoms with van der Waals surface area (Å²) in [5, 5.41) is 4.40. The number of thiazole rings is 1. The Hall–Kier alpha value is -0.690. The van der Waals surface area contributed by atoms with Gasteiger partial charge in [0.2, 0.25) is 0 Å². The predicted molar refractivity (Wildman–Crippen MR) is 87.0 cm³/mol. The van der Waals surface area contributed by atoms with Gasteiger partial charge in [0, 0.05) is 37.7 Å². The van der Waals surface area contributed by atoms with Gasteiger partial charge in [-0.3, -0.25) is 4.90 Å². The van der Waals surface area contributed by atoms with Crippen LogP contribution < -0.4 is 10.2 Å². The standard InChI is InChI=1S/C15H26N4OS/c1-16-9-14-13(11-20-2)17-15(21-14)19-8-5-12(10-19)18-6-3-4-7-18/h12,16H,3-11H2,1-2H3. The quantitative estimate of drug-likeness (QED) is 0.866. The number of hydrogen-bond donors (Lipinski definition) is 1. The van der Waals surface area contributed by atoms with Crippen molar-refractivity contribution >= 4 is 16.5 Å². The highest BCUT2D eigenvalue weighted by atomic mass is 32.1. The molecule has 6 heteroatoms. The number of ether oxygens (including phenoxy) is 1. The van der Waals surface area contributed by atoms with Gasteiger partial charge in [0.1, 0.15) is 0 Å². The fourth-order valence-corrected chi connectivity index (χ4v) is 4.48. The number of anilines is 1. The molecule has 1 N–H and O–H groups in total. The summed E-state index contributed by atoms with van der Waals surface area (Å²) in [6, 6.07) is 0.732. The SMILES string of the molecule is CNCc1sc(N2CCC(N3CCCC3)C2)nc1COC. The molecule has 5 nitrogen and oxygen atoms in total. The number of likely N-dealkylation sites (tertiary alicyclic amines) is 1. The third kappa shape index (κ3) is 3.39. The highest BCUT2D eigenvalue weighted by molar-refractivity contribution is 7.15. The van der Waals surface area contributed by atoms with Crippen LogP contribution in [0, 0.1) is 0 Å². The van der Waals surface area contributed by atoms with Crippen LogP contribution in [0.1, 0.15) is 29.8 Å². The Morgan fingerprint density at radius 2 is 2.14 bits per heavy atom. The Morgan fingerprint density at radius 3 is 2.86 bits per heavy atom. The first-order chi connectivity index (χ1) is 10.3. The van der Waals surface area contributed by atoms with Crippen molar-refractivity contribution in [3.63, 3.8) is 0 Å². The zero-order valence-electron chi connectivity index (χ0n) is 13.1. The summed E-state index contributed by atoms with van der Waals surface area (Å²) in [7, 11) is 3.72. The molecule has 1 aromatic rings. The molecule has 118 valence electrons. The summed E-state index contributed by atoms with van der Waals surface area (Å²) in [6.45, 7) is 6.34. The minimum atomic E-state index is 0.608. The maximum Gasteiger partial charge on any atom is 0.185 e. The number of aromatic nitrogens is 1. The largest absolute Gasteiger partial charge is 0.378 e. The summed E-state index contributed by atoms with van der Waals surface area (Å²) in [4.78, 5) is 11.3. The molecule has 0 aromatic carbocycles. The number of nitrogens with zero attached hydrogens (tertiary/aromatic N) is 3. The van der Waals surface area contributed by atoms with Crippen LogP contribution in [0.3, 0.4) is 0 Å². The van der Waals surface area contributed by atoms with Crippen LogP contribution in [-0.4, -0.2) is 56.3 Å². The molecule has 2 fully saturated rings. The van der Waals surface area contributed by atoms with Gasteiger partial charge in [-0.1, -0.05) is 0 Å². The van der Waals surface area contributed by atoms with Crippen LogP contribution in [0.4, 0.5) is 5.13 Å². The molecular weight excluding hydrogens is 284 g/mol. The van der Waals surface area contributed by atoms with Crippen LogP contribution in [0.25, 0.3) is 0 Å². The van der Waals surface area contributed by atoms with Crippen molar-refractivity contribution in [2.45, 2.75) is 38.5 Å². The Balaban J connectivity index is 1.67. The van der Waals surface area contributed by atoms with Gasteiger partial charge in [-0.15, -0.1) is 11.3 Å². The lowest BCUT2D eigenvalue weighted by molar-refractivity contribution is 0.181. The average molecular weight is 310 g/mol. The summed E-state index contributed by atoms with van der Waals surface area (Å²) < 4.78 is 5.28. The molecule has 2 aliphatic heterocycles. The van der Waals surface area contributed by atoms with Gasteiger partial charge in [0.25, 0.3) is 0 Å². The molecular formula is C15H26N4OS. The maximum atomic E-state index is 5.28. The monoisotopic (exact) mass is 310 g/mol. The van der Waals surface area contributed by atoms with Gasteiger partial charge in [0.15, 0.2) is 5.13 Å². The topological polar surface area (TPSA) is 40.6 Å². The van der Waals surface area contributed by atoms with E-state index in [4.69, 9.17) is 9.72 Å². The molecule has 2 saturated heterocycles. The van der Waals surface area contributed by atoms with Crippen molar-refractivity contribution in [1.82, 2.24) is 15.2 Å². The summed E-state index contributed by atoms with van der Waals surface area (Å²) >= 11 is 1.82. The van der Waals surface area contributed by atoms with Crippen molar-refractivity contribution in [2.24, 2.45) is 0 Å². The minimum Gasteiger partial charge on any atom is -0.378 e. The van der Waals surface area contributed by atoms with Gasteiger partial charge >= 0.3 is 0 Å². The van der Waals surface area contributed by atoms with E-state index >= 15 is 0 Å². The fourth-order valence-electron chi connectivity index (χ4n) is 3.37. The van der Waals surface area contributed by atoms with Gasteiger partial charge in [0.05, 0.1) is 12.3 Å². The van der Waals surface area contributed by atoms with Crippen LogP contribution in [-0.2, 0) is 17.9 Å². The van der Waals surface area contributed by atoms with E-state index in [0.29, 0.717) is 6.61 Å². The van der Waals surface area contributed by atoms with E-state index < -0.39 is 0 Å². The number of rotatable bonds is 6. The lowest BCUT2D eigenvalue weighted by Gasteiger charge is -2.23. The molecule has 1 aromatic heterocycles. The van der Waals surface area contributed by atoms with Gasteiger partial charge < -0.3 is 15.0 Å². The van der Waals surface area contributed by atoms with Gasteiger partial charge in [-0.2, -0.15) is 0 Å². The Labute approximate surface area is 131 Å². The number of hydrogen-bond acceptors (Lipinski definition) is 6. The van der Waals surface area contributed by atoms with Crippen LogP contribution in [0.15, 0.2) is 0 Å². The second-order valence-corrected chi connectivity index (χ2v) is 7.02. The van der Waals surface area contributed by atoms with Crippen molar-refractivity contribution in [3.8, 4) is 0 Å². The van der Waals surface area contributed by atoms with E-state index in [-0.39, 0.29) is 0 Å². The summed E-state index contributed by atoms with van der Waals surface area (Å²) in [5.74, 6) is 0. The van der Waals surface area contributed by atoms with Gasteiger partial charge in [-0.25, -0.2) is 4.98 Å². The Morgan fingerprint density at radius 1 is 1.33 bits per heavy atom. The second kappa shape index (κ2) is 7.05. The molecule has 0 bridgehead atoms. The maximum absolute atomic E-state index is 5.28. The van der Waals surface area contributed by atoms with Crippen LogP contribution in [0.5, 0.6) is 0 Å².